The van der Waals surface area contributed by atoms with Crippen LogP contribution in [0.15, 0.2) is 37.2 Å². The molecule has 0 bridgehead atoms. The van der Waals surface area contributed by atoms with Gasteiger partial charge in [0.1, 0.15) is 11.3 Å². The molecule has 0 unspecified atom stereocenters. The number of nitrogens with zero attached hydrogens (tertiary/aromatic N) is 7. The number of methoxy groups -OCH3 is 1. The van der Waals surface area contributed by atoms with Gasteiger partial charge in [-0.25, -0.2) is 19.3 Å². The van der Waals surface area contributed by atoms with Crippen molar-refractivity contribution in [2.24, 2.45) is 0 Å². The number of nitrogens with one attached hydrogen (secondary N) is 2. The SMILES string of the molecule is C=CC(=O)NCC(=O)N1CCC12CN(Cc1cc3c(N4CCOCC4)nc(-c4cnc(NC(=O)OC)cc4C(F)(F)F)nn3c1)C2. The van der Waals surface area contributed by atoms with Crippen LogP contribution in [0.5, 0.6) is 0 Å². The zero-order valence-electron chi connectivity index (χ0n) is 25.0. The molecule has 0 aromatic carbocycles. The predicted molar refractivity (Wildman–Crippen MR) is 158 cm³/mol. The third-order valence-electron chi connectivity index (χ3n) is 8.39. The standard InChI is InChI=1S/C29H32F3N9O5/c1-3-23(42)34-13-24(43)40-5-4-28(40)16-38(17-28)14-18-10-21-26(39-6-8-46-9-7-39)36-25(37-41(21)15-18)19-12-33-22(35-27(44)45-2)11-20(19)29(30,31)32/h3,10-12,15H,1,4-9,13-14,16-17H2,2H3,(H,34,42)(H,33,35,44). The summed E-state index contributed by atoms with van der Waals surface area (Å²) in [5.74, 6) is -0.602. The van der Waals surface area contributed by atoms with Gasteiger partial charge in [-0.15, -0.1) is 5.10 Å². The van der Waals surface area contributed by atoms with Gasteiger partial charge in [0, 0.05) is 51.7 Å². The Bertz CT molecular complexity index is 1680. The number of alkyl halides is 3. The first-order valence-corrected chi connectivity index (χ1v) is 14.6. The molecule has 3 aliphatic rings. The second kappa shape index (κ2) is 12.2. The number of carbonyl (C=O) groups excluding carboxylic acids is 3. The summed E-state index contributed by atoms with van der Waals surface area (Å²) in [6.45, 7) is 7.62. The molecule has 14 nitrogen and oxygen atoms in total. The fraction of sp³-hybridized carbons (Fsp3) is 0.448. The second-order valence-electron chi connectivity index (χ2n) is 11.4. The highest BCUT2D eigenvalue weighted by Crippen LogP contribution is 2.41. The summed E-state index contributed by atoms with van der Waals surface area (Å²) in [5, 5.41) is 9.16. The number of halogens is 3. The Labute approximate surface area is 261 Å². The van der Waals surface area contributed by atoms with Crippen LogP contribution in [0.4, 0.5) is 29.6 Å². The van der Waals surface area contributed by atoms with Crippen molar-refractivity contribution in [3.05, 3.63) is 48.3 Å². The number of hydrogen-bond donors (Lipinski definition) is 2. The van der Waals surface area contributed by atoms with Crippen molar-refractivity contribution in [1.29, 1.82) is 0 Å². The molecule has 2 N–H and O–H groups in total. The van der Waals surface area contributed by atoms with E-state index >= 15 is 0 Å². The lowest BCUT2D eigenvalue weighted by molar-refractivity contribution is -0.166. The number of anilines is 2. The van der Waals surface area contributed by atoms with Crippen molar-refractivity contribution in [1.82, 2.24) is 34.7 Å². The summed E-state index contributed by atoms with van der Waals surface area (Å²) in [6.07, 6.45) is -1.03. The number of fused-ring (bicyclic) bond motifs is 1. The average molecular weight is 644 g/mol. The second-order valence-corrected chi connectivity index (χ2v) is 11.4. The molecule has 0 atom stereocenters. The van der Waals surface area contributed by atoms with Crippen LogP contribution in [0, 0.1) is 0 Å². The molecule has 3 amide bonds. The van der Waals surface area contributed by atoms with Crippen LogP contribution in [0.3, 0.4) is 0 Å². The number of aromatic nitrogens is 4. The Balaban J connectivity index is 1.27. The minimum Gasteiger partial charge on any atom is -0.453 e. The quantitative estimate of drug-likeness (QED) is 0.349. The van der Waals surface area contributed by atoms with E-state index in [1.807, 2.05) is 11.0 Å². The molecule has 3 aromatic heterocycles. The van der Waals surface area contributed by atoms with Gasteiger partial charge in [0.25, 0.3) is 0 Å². The van der Waals surface area contributed by atoms with E-state index in [-0.39, 0.29) is 35.2 Å². The van der Waals surface area contributed by atoms with Crippen molar-refractivity contribution in [2.45, 2.75) is 24.7 Å². The smallest absolute Gasteiger partial charge is 0.417 e. The lowest BCUT2D eigenvalue weighted by Gasteiger charge is -2.62. The van der Waals surface area contributed by atoms with Gasteiger partial charge in [-0.3, -0.25) is 19.8 Å². The lowest BCUT2D eigenvalue weighted by Crippen LogP contribution is -2.78. The van der Waals surface area contributed by atoms with Crippen LogP contribution in [0.1, 0.15) is 17.5 Å². The summed E-state index contributed by atoms with van der Waals surface area (Å²) in [6, 6.07) is 2.64. The van der Waals surface area contributed by atoms with Gasteiger partial charge in [0.15, 0.2) is 11.6 Å². The first-order chi connectivity index (χ1) is 22.0. The normalized spacial score (nSPS) is 17.7. The number of amides is 3. The predicted octanol–water partition coefficient (Wildman–Crippen LogP) is 1.91. The van der Waals surface area contributed by atoms with Gasteiger partial charge in [-0.05, 0) is 30.2 Å². The molecule has 6 rings (SSSR count). The zero-order chi connectivity index (χ0) is 32.6. The van der Waals surface area contributed by atoms with E-state index in [0.717, 1.165) is 37.4 Å². The summed E-state index contributed by atoms with van der Waals surface area (Å²) in [5.41, 5.74) is -0.184. The van der Waals surface area contributed by atoms with Crippen molar-refractivity contribution in [3.8, 4) is 11.4 Å². The van der Waals surface area contributed by atoms with Gasteiger partial charge < -0.3 is 24.6 Å². The molecule has 244 valence electrons. The van der Waals surface area contributed by atoms with E-state index in [9.17, 15) is 27.6 Å². The summed E-state index contributed by atoms with van der Waals surface area (Å²) >= 11 is 0. The molecular weight excluding hydrogens is 611 g/mol. The van der Waals surface area contributed by atoms with E-state index in [1.165, 1.54) is 4.52 Å². The molecule has 3 aromatic rings. The van der Waals surface area contributed by atoms with Gasteiger partial charge >= 0.3 is 12.3 Å². The first kappa shape index (κ1) is 31.2. The van der Waals surface area contributed by atoms with E-state index in [2.05, 4.69) is 41.9 Å². The number of likely N-dealkylation sites (tertiary alicyclic amines) is 2. The molecule has 3 aliphatic heterocycles. The lowest BCUT2D eigenvalue weighted by atomic mass is 9.77. The minimum atomic E-state index is -4.80. The van der Waals surface area contributed by atoms with Gasteiger partial charge in [0.2, 0.25) is 11.8 Å². The number of rotatable bonds is 8. The molecule has 3 fully saturated rings. The summed E-state index contributed by atoms with van der Waals surface area (Å²) in [4.78, 5) is 50.2. The highest BCUT2D eigenvalue weighted by atomic mass is 19.4. The van der Waals surface area contributed by atoms with Crippen LogP contribution in [0.2, 0.25) is 0 Å². The maximum atomic E-state index is 14.3. The van der Waals surface area contributed by atoms with Gasteiger partial charge in [0.05, 0.1) is 43.5 Å². The highest BCUT2D eigenvalue weighted by Gasteiger charge is 2.54. The summed E-state index contributed by atoms with van der Waals surface area (Å²) in [7, 11) is 1.09. The van der Waals surface area contributed by atoms with Crippen LogP contribution < -0.4 is 15.5 Å². The monoisotopic (exact) mass is 643 g/mol. The van der Waals surface area contributed by atoms with E-state index < -0.39 is 23.7 Å². The number of morpholine rings is 1. The van der Waals surface area contributed by atoms with Crippen molar-refractivity contribution >= 4 is 35.1 Å². The van der Waals surface area contributed by atoms with Crippen LogP contribution >= 0.6 is 0 Å². The molecule has 0 radical (unpaired) electrons. The third-order valence-corrected chi connectivity index (χ3v) is 8.39. The van der Waals surface area contributed by atoms with Crippen LogP contribution in [0.25, 0.3) is 16.9 Å². The maximum Gasteiger partial charge on any atom is 0.417 e. The van der Waals surface area contributed by atoms with Crippen molar-refractivity contribution < 1.29 is 37.0 Å². The largest absolute Gasteiger partial charge is 0.453 e. The van der Waals surface area contributed by atoms with Crippen LogP contribution in [-0.2, 0) is 31.8 Å². The zero-order valence-corrected chi connectivity index (χ0v) is 25.0. The Morgan fingerprint density at radius 3 is 2.59 bits per heavy atom. The molecular formula is C29H32F3N9O5. The Hall–Kier alpha value is -4.77. The van der Waals surface area contributed by atoms with Crippen LogP contribution in [-0.4, -0.2) is 112 Å². The maximum absolute atomic E-state index is 14.3. The molecule has 0 aliphatic carbocycles. The van der Waals surface area contributed by atoms with Gasteiger partial charge in [-0.2, -0.15) is 13.2 Å². The molecule has 3 saturated heterocycles. The minimum absolute atomic E-state index is 0.0844. The average Bonchev–Trinajstić information content (AvgIpc) is 3.42. The highest BCUT2D eigenvalue weighted by molar-refractivity contribution is 5.91. The fourth-order valence-electron chi connectivity index (χ4n) is 6.08. The van der Waals surface area contributed by atoms with Gasteiger partial charge in [-0.1, -0.05) is 6.58 Å². The Kier molecular flexibility index (Phi) is 8.28. The van der Waals surface area contributed by atoms with E-state index in [4.69, 9.17) is 4.74 Å². The Morgan fingerprint density at radius 2 is 1.93 bits per heavy atom. The van der Waals surface area contributed by atoms with Crippen molar-refractivity contribution in [2.75, 3.05) is 69.8 Å². The number of pyridine rings is 1. The first-order valence-electron chi connectivity index (χ1n) is 14.6. The Morgan fingerprint density at radius 1 is 1.17 bits per heavy atom. The number of hydrogen-bond acceptors (Lipinski definition) is 10. The van der Waals surface area contributed by atoms with Crippen molar-refractivity contribution in [3.63, 3.8) is 0 Å². The van der Waals surface area contributed by atoms with E-state index in [0.29, 0.717) is 63.8 Å². The molecule has 17 heteroatoms. The molecule has 1 spiro atoms. The topological polar surface area (TPSA) is 147 Å². The summed E-state index contributed by atoms with van der Waals surface area (Å²) < 4.78 is 54.2. The number of carbonyl (C=O) groups is 3. The molecule has 0 saturated carbocycles. The third kappa shape index (κ3) is 6.06. The molecule has 6 heterocycles. The van der Waals surface area contributed by atoms with E-state index in [1.54, 1.807) is 11.1 Å². The number of ether oxygens (including phenoxy) is 2. The molecule has 46 heavy (non-hydrogen) atoms. The fourth-order valence-corrected chi connectivity index (χ4v) is 6.08.